The standard InChI is InChI=1S/C12H16Br2N2O4S/c1-16(2)11(17)4-3-5-20-12-9(13)6-8(7-10(12)14)21(15,18)19/h6-7H,3-5H2,1-2H3,(H2,15,18,19). The Labute approximate surface area is 140 Å². The average molecular weight is 444 g/mol. The molecule has 0 saturated heterocycles. The molecule has 9 heteroatoms. The van der Waals surface area contributed by atoms with Crippen LogP contribution in [0.4, 0.5) is 0 Å². The summed E-state index contributed by atoms with van der Waals surface area (Å²) in [4.78, 5) is 12.9. The predicted molar refractivity (Wildman–Crippen MR) is 86.6 cm³/mol. The molecular weight excluding hydrogens is 428 g/mol. The van der Waals surface area contributed by atoms with Crippen LogP contribution in [-0.4, -0.2) is 39.9 Å². The van der Waals surface area contributed by atoms with E-state index in [0.29, 0.717) is 34.1 Å². The van der Waals surface area contributed by atoms with Crippen molar-refractivity contribution >= 4 is 47.8 Å². The van der Waals surface area contributed by atoms with Gasteiger partial charge in [-0.1, -0.05) is 0 Å². The van der Waals surface area contributed by atoms with Gasteiger partial charge in [-0.2, -0.15) is 0 Å². The fraction of sp³-hybridized carbons (Fsp3) is 0.417. The molecule has 0 saturated carbocycles. The van der Waals surface area contributed by atoms with Gasteiger partial charge >= 0.3 is 0 Å². The van der Waals surface area contributed by atoms with E-state index in [1.165, 1.54) is 17.0 Å². The lowest BCUT2D eigenvalue weighted by atomic mass is 10.3. The minimum atomic E-state index is -3.78. The number of benzene rings is 1. The molecule has 0 radical (unpaired) electrons. The Balaban J connectivity index is 2.71. The van der Waals surface area contributed by atoms with Crippen LogP contribution in [0, 0.1) is 0 Å². The second-order valence-electron chi connectivity index (χ2n) is 4.50. The van der Waals surface area contributed by atoms with E-state index in [4.69, 9.17) is 9.88 Å². The van der Waals surface area contributed by atoms with Gasteiger partial charge in [-0.15, -0.1) is 0 Å². The Bertz CT molecular complexity index is 609. The highest BCUT2D eigenvalue weighted by Gasteiger charge is 2.15. The van der Waals surface area contributed by atoms with Crippen LogP contribution >= 0.6 is 31.9 Å². The number of ether oxygens (including phenoxy) is 1. The first-order valence-corrected chi connectivity index (χ1v) is 9.11. The third-order valence-electron chi connectivity index (χ3n) is 2.58. The van der Waals surface area contributed by atoms with Crippen molar-refractivity contribution in [3.8, 4) is 5.75 Å². The van der Waals surface area contributed by atoms with Crippen LogP contribution in [0.25, 0.3) is 0 Å². The Morgan fingerprint density at radius 1 is 1.29 bits per heavy atom. The van der Waals surface area contributed by atoms with Gasteiger partial charge in [0.05, 0.1) is 20.4 Å². The normalized spacial score (nSPS) is 11.3. The minimum absolute atomic E-state index is 0.0172. The highest BCUT2D eigenvalue weighted by Crippen LogP contribution is 2.35. The molecule has 0 aromatic heterocycles. The molecule has 0 unspecified atom stereocenters. The Morgan fingerprint density at radius 3 is 2.24 bits per heavy atom. The highest BCUT2D eigenvalue weighted by atomic mass is 79.9. The van der Waals surface area contributed by atoms with Crippen LogP contribution in [0.5, 0.6) is 5.75 Å². The van der Waals surface area contributed by atoms with Crippen molar-refractivity contribution in [2.24, 2.45) is 5.14 Å². The molecule has 6 nitrogen and oxygen atoms in total. The number of hydrogen-bond donors (Lipinski definition) is 1. The summed E-state index contributed by atoms with van der Waals surface area (Å²) in [6.45, 7) is 0.339. The summed E-state index contributed by atoms with van der Waals surface area (Å²) in [5.74, 6) is 0.501. The lowest BCUT2D eigenvalue weighted by Crippen LogP contribution is -2.21. The van der Waals surface area contributed by atoms with Crippen molar-refractivity contribution in [1.29, 1.82) is 0 Å². The lowest BCUT2D eigenvalue weighted by Gasteiger charge is -2.13. The van der Waals surface area contributed by atoms with Gasteiger partial charge in [-0.05, 0) is 50.4 Å². The summed E-state index contributed by atoms with van der Waals surface area (Å²) in [6, 6.07) is 2.75. The molecule has 1 rings (SSSR count). The number of nitrogens with zero attached hydrogens (tertiary/aromatic N) is 1. The number of primary sulfonamides is 1. The summed E-state index contributed by atoms with van der Waals surface area (Å²) < 4.78 is 29.1. The van der Waals surface area contributed by atoms with E-state index in [1.807, 2.05) is 0 Å². The molecule has 1 aromatic rings. The van der Waals surface area contributed by atoms with Crippen molar-refractivity contribution < 1.29 is 17.9 Å². The molecule has 0 spiro atoms. The van der Waals surface area contributed by atoms with E-state index in [9.17, 15) is 13.2 Å². The molecular formula is C12H16Br2N2O4S. The molecule has 0 heterocycles. The molecule has 0 aliphatic rings. The zero-order valence-electron chi connectivity index (χ0n) is 11.6. The van der Waals surface area contributed by atoms with Gasteiger partial charge in [0.1, 0.15) is 5.75 Å². The number of nitrogens with two attached hydrogens (primary N) is 1. The second-order valence-corrected chi connectivity index (χ2v) is 7.77. The first-order chi connectivity index (χ1) is 9.62. The van der Waals surface area contributed by atoms with Crippen LogP contribution < -0.4 is 9.88 Å². The quantitative estimate of drug-likeness (QED) is 0.681. The van der Waals surface area contributed by atoms with Crippen molar-refractivity contribution in [3.63, 3.8) is 0 Å². The molecule has 21 heavy (non-hydrogen) atoms. The first-order valence-electron chi connectivity index (χ1n) is 5.97. The molecule has 0 fully saturated rings. The van der Waals surface area contributed by atoms with Crippen molar-refractivity contribution in [2.75, 3.05) is 20.7 Å². The van der Waals surface area contributed by atoms with Crippen LogP contribution in [0.3, 0.4) is 0 Å². The van der Waals surface area contributed by atoms with Gasteiger partial charge in [-0.3, -0.25) is 4.79 Å². The molecule has 0 aliphatic heterocycles. The van der Waals surface area contributed by atoms with Gasteiger partial charge < -0.3 is 9.64 Å². The second kappa shape index (κ2) is 7.57. The molecule has 0 bridgehead atoms. The van der Waals surface area contributed by atoms with E-state index in [-0.39, 0.29) is 10.8 Å². The number of rotatable bonds is 6. The highest BCUT2D eigenvalue weighted by molar-refractivity contribution is 9.11. The number of hydrogen-bond acceptors (Lipinski definition) is 4. The van der Waals surface area contributed by atoms with Crippen molar-refractivity contribution in [3.05, 3.63) is 21.1 Å². The summed E-state index contributed by atoms with van der Waals surface area (Å²) in [5.41, 5.74) is 0. The molecule has 0 aliphatic carbocycles. The summed E-state index contributed by atoms with van der Waals surface area (Å²) in [7, 11) is -0.383. The minimum Gasteiger partial charge on any atom is -0.491 e. The zero-order valence-corrected chi connectivity index (χ0v) is 15.6. The molecule has 1 aromatic carbocycles. The van der Waals surface area contributed by atoms with E-state index < -0.39 is 10.0 Å². The van der Waals surface area contributed by atoms with Crippen LogP contribution in [0.1, 0.15) is 12.8 Å². The van der Waals surface area contributed by atoms with E-state index in [1.54, 1.807) is 14.1 Å². The topological polar surface area (TPSA) is 89.7 Å². The molecule has 2 N–H and O–H groups in total. The number of halogens is 2. The fourth-order valence-corrected chi connectivity index (χ4v) is 3.74. The smallest absolute Gasteiger partial charge is 0.238 e. The van der Waals surface area contributed by atoms with Gasteiger partial charge in [0.2, 0.25) is 15.9 Å². The van der Waals surface area contributed by atoms with Gasteiger partial charge in [0.15, 0.2) is 0 Å². The van der Waals surface area contributed by atoms with Gasteiger partial charge in [0, 0.05) is 20.5 Å². The van der Waals surface area contributed by atoms with Gasteiger partial charge in [-0.25, -0.2) is 13.6 Å². The Morgan fingerprint density at radius 2 is 1.81 bits per heavy atom. The summed E-state index contributed by atoms with van der Waals surface area (Å²) in [5, 5.41) is 5.08. The van der Waals surface area contributed by atoms with Crippen LogP contribution in [-0.2, 0) is 14.8 Å². The largest absolute Gasteiger partial charge is 0.491 e. The third kappa shape index (κ3) is 5.57. The maximum Gasteiger partial charge on any atom is 0.238 e. The SMILES string of the molecule is CN(C)C(=O)CCCOc1c(Br)cc(S(N)(=O)=O)cc1Br. The zero-order chi connectivity index (χ0) is 16.2. The Kier molecular flexibility index (Phi) is 6.64. The maximum absolute atomic E-state index is 11.4. The van der Waals surface area contributed by atoms with E-state index in [0.717, 1.165) is 0 Å². The monoisotopic (exact) mass is 442 g/mol. The average Bonchev–Trinajstić information content (AvgIpc) is 2.35. The fourth-order valence-electron chi connectivity index (χ4n) is 1.46. The first kappa shape index (κ1) is 18.4. The maximum atomic E-state index is 11.4. The van der Waals surface area contributed by atoms with Crippen molar-refractivity contribution in [1.82, 2.24) is 4.90 Å². The summed E-state index contributed by atoms with van der Waals surface area (Å²) >= 11 is 6.49. The van der Waals surface area contributed by atoms with Crippen molar-refractivity contribution in [2.45, 2.75) is 17.7 Å². The lowest BCUT2D eigenvalue weighted by molar-refractivity contribution is -0.128. The Hall–Kier alpha value is -0.640. The summed E-state index contributed by atoms with van der Waals surface area (Å²) in [6.07, 6.45) is 0.949. The number of carbonyl (C=O) groups excluding carboxylic acids is 1. The van der Waals surface area contributed by atoms with E-state index in [2.05, 4.69) is 31.9 Å². The number of carbonyl (C=O) groups is 1. The van der Waals surface area contributed by atoms with Crippen LogP contribution in [0.15, 0.2) is 26.0 Å². The van der Waals surface area contributed by atoms with Crippen LogP contribution in [0.2, 0.25) is 0 Å². The molecule has 118 valence electrons. The molecule has 1 amide bonds. The van der Waals surface area contributed by atoms with Gasteiger partial charge in [0.25, 0.3) is 0 Å². The molecule has 0 atom stereocenters. The third-order valence-corrected chi connectivity index (χ3v) is 4.65. The predicted octanol–water partition coefficient (Wildman–Crippen LogP) is 2.11. The number of sulfonamides is 1. The van der Waals surface area contributed by atoms with E-state index >= 15 is 0 Å². The number of amides is 1.